The lowest BCUT2D eigenvalue weighted by Gasteiger charge is -2.36. The molecule has 3 aromatic rings. The van der Waals surface area contributed by atoms with Crippen molar-refractivity contribution in [2.24, 2.45) is 23.2 Å². The smallest absolute Gasteiger partial charge is 0.365 e. The SMILES string of the molecule is C[C@@H](Nc1nc(-c2noc(=O)[nH]2)nc2nc(N3CCCC3C(C)(C)C)n(C[C@H]3CC[C@H](C)CC3)c12)C1CCC1. The van der Waals surface area contributed by atoms with Crippen molar-refractivity contribution in [3.8, 4) is 11.6 Å². The topological polar surface area (TPSA) is 118 Å². The van der Waals surface area contributed by atoms with Gasteiger partial charge >= 0.3 is 5.76 Å². The molecule has 1 saturated heterocycles. The molecule has 2 aliphatic carbocycles. The quantitative estimate of drug-likeness (QED) is 0.400. The van der Waals surface area contributed by atoms with Crippen molar-refractivity contribution in [3.05, 3.63) is 10.6 Å². The van der Waals surface area contributed by atoms with Crippen molar-refractivity contribution >= 4 is 22.9 Å². The zero-order valence-electron chi connectivity index (χ0n) is 24.2. The number of hydrogen-bond donors (Lipinski definition) is 2. The van der Waals surface area contributed by atoms with E-state index in [1.165, 1.54) is 44.9 Å². The average molecular weight is 537 g/mol. The van der Waals surface area contributed by atoms with Crippen LogP contribution in [-0.4, -0.2) is 48.3 Å². The van der Waals surface area contributed by atoms with Crippen LogP contribution in [0.4, 0.5) is 11.8 Å². The van der Waals surface area contributed by atoms with Gasteiger partial charge in [0, 0.05) is 25.2 Å². The van der Waals surface area contributed by atoms with Gasteiger partial charge in [0.25, 0.3) is 0 Å². The monoisotopic (exact) mass is 536 g/mol. The minimum Gasteiger partial charge on any atom is -0.365 e. The Morgan fingerprint density at radius 1 is 1.05 bits per heavy atom. The molecule has 212 valence electrons. The number of nitrogens with zero attached hydrogens (tertiary/aromatic N) is 6. The van der Waals surface area contributed by atoms with Gasteiger partial charge in [0.15, 0.2) is 11.5 Å². The standard InChI is InChI=1S/C29H44N8O2/c1-17-11-13-19(14-12-17)16-37-22-23(30-18(2)20-8-6-9-20)31-25(26-34-28(38)39-35-26)32-24(22)33-27(37)36-15-7-10-21(36)29(3,4)5/h17-21H,6-16H2,1-5H3,(H,30,31,32)(H,34,35,38)/t17-,18-,19-,21?/m1/s1. The first-order valence-electron chi connectivity index (χ1n) is 15.0. The molecule has 1 unspecified atom stereocenters. The Kier molecular flexibility index (Phi) is 6.91. The summed E-state index contributed by atoms with van der Waals surface area (Å²) in [6.45, 7) is 13.5. The zero-order chi connectivity index (χ0) is 27.3. The van der Waals surface area contributed by atoms with E-state index in [1.54, 1.807) is 0 Å². The number of H-pyrrole nitrogens is 1. The maximum Gasteiger partial charge on any atom is 0.439 e. The first-order chi connectivity index (χ1) is 18.7. The minimum absolute atomic E-state index is 0.136. The van der Waals surface area contributed by atoms with Crippen LogP contribution >= 0.6 is 0 Å². The van der Waals surface area contributed by atoms with Gasteiger partial charge in [0.1, 0.15) is 5.52 Å². The number of imidazole rings is 1. The van der Waals surface area contributed by atoms with Crippen LogP contribution < -0.4 is 16.0 Å². The Balaban J connectivity index is 1.50. The van der Waals surface area contributed by atoms with Gasteiger partial charge in [0.2, 0.25) is 17.6 Å². The van der Waals surface area contributed by atoms with Crippen molar-refractivity contribution < 1.29 is 4.52 Å². The molecule has 0 spiro atoms. The van der Waals surface area contributed by atoms with Gasteiger partial charge in [-0.1, -0.05) is 52.1 Å². The van der Waals surface area contributed by atoms with Gasteiger partial charge in [0.05, 0.1) is 0 Å². The first kappa shape index (κ1) is 26.3. The number of anilines is 2. The molecule has 3 aliphatic rings. The number of aromatic amines is 1. The van der Waals surface area contributed by atoms with E-state index in [1.807, 2.05) is 0 Å². The highest BCUT2D eigenvalue weighted by Crippen LogP contribution is 2.40. The van der Waals surface area contributed by atoms with E-state index in [0.717, 1.165) is 49.1 Å². The summed E-state index contributed by atoms with van der Waals surface area (Å²) >= 11 is 0. The summed E-state index contributed by atoms with van der Waals surface area (Å²) in [7, 11) is 0. The fourth-order valence-electron chi connectivity index (χ4n) is 6.90. The van der Waals surface area contributed by atoms with Crippen LogP contribution in [-0.2, 0) is 6.54 Å². The third-order valence-corrected chi connectivity index (χ3v) is 9.54. The fraction of sp³-hybridized carbons (Fsp3) is 0.759. The second-order valence-corrected chi connectivity index (χ2v) is 13.5. The molecule has 1 aliphatic heterocycles. The van der Waals surface area contributed by atoms with E-state index in [4.69, 9.17) is 19.5 Å². The molecule has 10 heteroatoms. The summed E-state index contributed by atoms with van der Waals surface area (Å²) < 4.78 is 7.21. The molecule has 2 N–H and O–H groups in total. The molecular weight excluding hydrogens is 492 g/mol. The Morgan fingerprint density at radius 2 is 1.82 bits per heavy atom. The molecule has 0 aromatic carbocycles. The largest absolute Gasteiger partial charge is 0.439 e. The third kappa shape index (κ3) is 5.18. The van der Waals surface area contributed by atoms with Gasteiger partial charge < -0.3 is 14.8 Å². The average Bonchev–Trinajstić information content (AvgIpc) is 3.57. The highest BCUT2D eigenvalue weighted by molar-refractivity contribution is 5.87. The molecule has 3 aromatic heterocycles. The summed E-state index contributed by atoms with van der Waals surface area (Å²) in [6, 6.07) is 0.682. The van der Waals surface area contributed by atoms with Gasteiger partial charge in [-0.15, -0.1) is 0 Å². The molecule has 2 atom stereocenters. The molecule has 0 bridgehead atoms. The second kappa shape index (κ2) is 10.2. The van der Waals surface area contributed by atoms with Crippen molar-refractivity contribution in [2.75, 3.05) is 16.8 Å². The predicted octanol–water partition coefficient (Wildman–Crippen LogP) is 5.61. The lowest BCUT2D eigenvalue weighted by Crippen LogP contribution is -2.41. The number of hydrogen-bond acceptors (Lipinski definition) is 8. The molecule has 6 rings (SSSR count). The summed E-state index contributed by atoms with van der Waals surface area (Å²) in [5, 5.41) is 7.64. The van der Waals surface area contributed by atoms with Crippen LogP contribution in [0.2, 0.25) is 0 Å². The Hall–Kier alpha value is -2.91. The fourth-order valence-corrected chi connectivity index (χ4v) is 6.90. The van der Waals surface area contributed by atoms with Crippen LogP contribution in [0.1, 0.15) is 92.4 Å². The minimum atomic E-state index is -0.617. The van der Waals surface area contributed by atoms with Crippen LogP contribution in [0.15, 0.2) is 9.32 Å². The zero-order valence-corrected chi connectivity index (χ0v) is 24.2. The molecule has 2 saturated carbocycles. The number of fused-ring (bicyclic) bond motifs is 1. The second-order valence-electron chi connectivity index (χ2n) is 13.5. The summed E-state index contributed by atoms with van der Waals surface area (Å²) in [5.74, 6) is 3.75. The van der Waals surface area contributed by atoms with Gasteiger partial charge in [-0.25, -0.2) is 14.8 Å². The number of nitrogens with one attached hydrogen (secondary N) is 2. The molecule has 0 radical (unpaired) electrons. The van der Waals surface area contributed by atoms with E-state index in [-0.39, 0.29) is 17.3 Å². The van der Waals surface area contributed by atoms with E-state index >= 15 is 0 Å². The van der Waals surface area contributed by atoms with Crippen molar-refractivity contribution in [2.45, 2.75) is 111 Å². The molecule has 10 nitrogen and oxygen atoms in total. The van der Waals surface area contributed by atoms with Crippen LogP contribution in [0, 0.1) is 23.2 Å². The maximum atomic E-state index is 11.8. The molecule has 39 heavy (non-hydrogen) atoms. The summed E-state index contributed by atoms with van der Waals surface area (Å²) in [6.07, 6.45) is 11.1. The van der Waals surface area contributed by atoms with Gasteiger partial charge in [-0.05, 0) is 68.6 Å². The molecule has 0 amide bonds. The van der Waals surface area contributed by atoms with E-state index in [0.29, 0.717) is 29.3 Å². The molecule has 3 fully saturated rings. The van der Waals surface area contributed by atoms with E-state index < -0.39 is 5.76 Å². The summed E-state index contributed by atoms with van der Waals surface area (Å²) in [5.41, 5.74) is 1.74. The summed E-state index contributed by atoms with van der Waals surface area (Å²) in [4.78, 5) is 31.9. The normalized spacial score (nSPS) is 25.3. The van der Waals surface area contributed by atoms with Crippen molar-refractivity contribution in [3.63, 3.8) is 0 Å². The van der Waals surface area contributed by atoms with Gasteiger partial charge in [-0.3, -0.25) is 9.51 Å². The lowest BCUT2D eigenvalue weighted by molar-refractivity contribution is 0.265. The van der Waals surface area contributed by atoms with Gasteiger partial charge in [-0.2, -0.15) is 4.98 Å². The van der Waals surface area contributed by atoms with Crippen LogP contribution in [0.25, 0.3) is 22.8 Å². The van der Waals surface area contributed by atoms with E-state index in [2.05, 4.69) is 59.5 Å². The van der Waals surface area contributed by atoms with E-state index in [9.17, 15) is 4.79 Å². The number of rotatable bonds is 7. The highest BCUT2D eigenvalue weighted by Gasteiger charge is 2.38. The number of aromatic nitrogens is 6. The lowest BCUT2D eigenvalue weighted by atomic mass is 9.80. The Labute approximate surface area is 230 Å². The maximum absolute atomic E-state index is 11.8. The van der Waals surface area contributed by atoms with Crippen molar-refractivity contribution in [1.29, 1.82) is 0 Å². The third-order valence-electron chi connectivity index (χ3n) is 9.54. The Bertz CT molecular complexity index is 1360. The molecule has 4 heterocycles. The van der Waals surface area contributed by atoms with Crippen LogP contribution in [0.5, 0.6) is 0 Å². The molecular formula is C29H44N8O2. The highest BCUT2D eigenvalue weighted by atomic mass is 16.5. The Morgan fingerprint density at radius 3 is 2.46 bits per heavy atom. The first-order valence-corrected chi connectivity index (χ1v) is 15.0. The van der Waals surface area contributed by atoms with Crippen molar-refractivity contribution in [1.82, 2.24) is 29.7 Å². The predicted molar refractivity (Wildman–Crippen MR) is 153 cm³/mol. The van der Waals surface area contributed by atoms with Crippen LogP contribution in [0.3, 0.4) is 0 Å².